The Morgan fingerprint density at radius 3 is 2.44 bits per heavy atom. The molecule has 0 bridgehead atoms. The number of benzene rings is 1. The van der Waals surface area contributed by atoms with Crippen molar-refractivity contribution in [1.29, 1.82) is 0 Å². The number of carboxylic acid groups (broad SMARTS) is 1. The first-order valence-corrected chi connectivity index (χ1v) is 5.31. The van der Waals surface area contributed by atoms with Crippen LogP contribution in [0, 0.1) is 0 Å². The van der Waals surface area contributed by atoms with E-state index in [1.807, 2.05) is 0 Å². The fourth-order valence-corrected chi connectivity index (χ4v) is 1.83. The third kappa shape index (κ3) is 2.71. The highest BCUT2D eigenvalue weighted by atomic mass is 35.5. The largest absolute Gasteiger partial charge is 0.505 e. The second kappa shape index (κ2) is 5.10. The predicted molar refractivity (Wildman–Crippen MR) is 62.5 cm³/mol. The highest BCUT2D eigenvalue weighted by molar-refractivity contribution is 6.45. The molecule has 1 aromatic rings. The Morgan fingerprint density at radius 2 is 1.94 bits per heavy atom. The van der Waals surface area contributed by atoms with Crippen molar-refractivity contribution < 1.29 is 15.0 Å². The highest BCUT2D eigenvalue weighted by Gasteiger charge is 2.18. The fourth-order valence-electron chi connectivity index (χ4n) is 1.11. The maximum absolute atomic E-state index is 10.6. The van der Waals surface area contributed by atoms with Gasteiger partial charge < -0.3 is 15.9 Å². The van der Waals surface area contributed by atoms with Crippen LogP contribution in [0.25, 0.3) is 0 Å². The van der Waals surface area contributed by atoms with E-state index in [9.17, 15) is 9.90 Å². The maximum atomic E-state index is 10.6. The van der Waals surface area contributed by atoms with Gasteiger partial charge in [0.1, 0.15) is 11.1 Å². The average molecular weight is 285 g/mol. The van der Waals surface area contributed by atoms with E-state index in [0.29, 0.717) is 5.56 Å². The van der Waals surface area contributed by atoms with Crippen LogP contribution >= 0.6 is 34.8 Å². The third-order valence-corrected chi connectivity index (χ3v) is 3.15. The smallest absolute Gasteiger partial charge is 0.320 e. The van der Waals surface area contributed by atoms with Crippen molar-refractivity contribution >= 4 is 40.8 Å². The lowest BCUT2D eigenvalue weighted by Gasteiger charge is -2.11. The standard InChI is InChI=1S/C9H8Cl3NO3/c10-4-1-3(2-5(13)9(15)16)6(11)7(12)8(4)14/h1,5,14H,2,13H2,(H,15,16). The van der Waals surface area contributed by atoms with Crippen molar-refractivity contribution in [2.75, 3.05) is 0 Å². The Morgan fingerprint density at radius 1 is 1.38 bits per heavy atom. The molecule has 88 valence electrons. The van der Waals surface area contributed by atoms with Crippen LogP contribution in [0.4, 0.5) is 0 Å². The van der Waals surface area contributed by atoms with E-state index in [4.69, 9.17) is 45.6 Å². The predicted octanol–water partition coefficient (Wildman–Crippen LogP) is 2.31. The van der Waals surface area contributed by atoms with Crippen molar-refractivity contribution in [3.05, 3.63) is 26.7 Å². The number of rotatable bonds is 3. The molecule has 4 nitrogen and oxygen atoms in total. The molecule has 0 radical (unpaired) electrons. The number of phenols is 1. The second-order valence-electron chi connectivity index (χ2n) is 3.14. The lowest BCUT2D eigenvalue weighted by atomic mass is 10.1. The fraction of sp³-hybridized carbons (Fsp3) is 0.222. The van der Waals surface area contributed by atoms with Crippen molar-refractivity contribution in [1.82, 2.24) is 0 Å². The lowest BCUT2D eigenvalue weighted by molar-refractivity contribution is -0.138. The number of nitrogens with two attached hydrogens (primary N) is 1. The highest BCUT2D eigenvalue weighted by Crippen LogP contribution is 2.39. The zero-order chi connectivity index (χ0) is 12.5. The number of carbonyl (C=O) groups is 1. The molecule has 1 rings (SSSR count). The van der Waals surface area contributed by atoms with E-state index in [-0.39, 0.29) is 27.2 Å². The van der Waals surface area contributed by atoms with Crippen LogP contribution < -0.4 is 5.73 Å². The molecule has 0 aliphatic rings. The first kappa shape index (κ1) is 13.4. The minimum absolute atomic E-state index is 0.00184. The molecule has 0 saturated carbocycles. The molecule has 4 N–H and O–H groups in total. The molecule has 0 aliphatic heterocycles. The first-order chi connectivity index (χ1) is 7.34. The van der Waals surface area contributed by atoms with E-state index in [1.54, 1.807) is 0 Å². The number of aliphatic carboxylic acids is 1. The van der Waals surface area contributed by atoms with Crippen LogP contribution in [0.2, 0.25) is 15.1 Å². The number of hydrogen-bond donors (Lipinski definition) is 3. The Labute approximate surface area is 107 Å². The molecule has 7 heteroatoms. The third-order valence-electron chi connectivity index (χ3n) is 1.97. The molecular formula is C9H8Cl3NO3. The molecule has 1 aromatic carbocycles. The van der Waals surface area contributed by atoms with Gasteiger partial charge in [-0.15, -0.1) is 0 Å². The van der Waals surface area contributed by atoms with Crippen LogP contribution in [0.1, 0.15) is 5.56 Å². The summed E-state index contributed by atoms with van der Waals surface area (Å²) in [6.45, 7) is 0. The minimum atomic E-state index is -1.16. The van der Waals surface area contributed by atoms with Crippen LogP contribution in [0.15, 0.2) is 6.07 Å². The number of halogens is 3. The summed E-state index contributed by atoms with van der Waals surface area (Å²) in [7, 11) is 0. The molecule has 0 amide bonds. The number of hydrogen-bond acceptors (Lipinski definition) is 3. The van der Waals surface area contributed by atoms with E-state index >= 15 is 0 Å². The maximum Gasteiger partial charge on any atom is 0.320 e. The van der Waals surface area contributed by atoms with Gasteiger partial charge in [0.05, 0.1) is 10.0 Å². The molecule has 16 heavy (non-hydrogen) atoms. The summed E-state index contributed by atoms with van der Waals surface area (Å²) in [6.07, 6.45) is -0.0200. The first-order valence-electron chi connectivity index (χ1n) is 4.18. The molecular weight excluding hydrogens is 276 g/mol. The second-order valence-corrected chi connectivity index (χ2v) is 4.31. The zero-order valence-corrected chi connectivity index (χ0v) is 10.1. The minimum Gasteiger partial charge on any atom is -0.505 e. The molecule has 0 spiro atoms. The van der Waals surface area contributed by atoms with E-state index < -0.39 is 12.0 Å². The summed E-state index contributed by atoms with van der Waals surface area (Å²) >= 11 is 17.2. The monoisotopic (exact) mass is 283 g/mol. The van der Waals surface area contributed by atoms with Crippen molar-refractivity contribution in [2.45, 2.75) is 12.5 Å². The van der Waals surface area contributed by atoms with Gasteiger partial charge in [-0.3, -0.25) is 4.79 Å². The SMILES string of the molecule is NC(Cc1cc(Cl)c(O)c(Cl)c1Cl)C(=O)O. The van der Waals surface area contributed by atoms with Crippen molar-refractivity contribution in [3.8, 4) is 5.75 Å². The molecule has 0 aliphatic carbocycles. The number of aromatic hydroxyl groups is 1. The summed E-state index contributed by atoms with van der Waals surface area (Å²) in [4.78, 5) is 10.6. The molecule has 0 heterocycles. The zero-order valence-electron chi connectivity index (χ0n) is 7.88. The summed E-state index contributed by atoms with van der Waals surface area (Å²) in [6, 6.07) is 0.239. The topological polar surface area (TPSA) is 83.5 Å². The summed E-state index contributed by atoms with van der Waals surface area (Å²) in [5, 5.41) is 18.0. The summed E-state index contributed by atoms with van der Waals surface area (Å²) < 4.78 is 0. The molecule has 1 unspecified atom stereocenters. The average Bonchev–Trinajstić information content (AvgIpc) is 2.22. The Hall–Kier alpha value is -0.680. The summed E-state index contributed by atoms with van der Waals surface area (Å²) in [5.74, 6) is -1.49. The van der Waals surface area contributed by atoms with Gasteiger partial charge in [0, 0.05) is 0 Å². The van der Waals surface area contributed by atoms with Crippen molar-refractivity contribution in [2.24, 2.45) is 5.73 Å². The van der Waals surface area contributed by atoms with Gasteiger partial charge in [-0.1, -0.05) is 34.8 Å². The number of carboxylic acids is 1. The normalized spacial score (nSPS) is 12.5. The summed E-state index contributed by atoms with van der Waals surface area (Å²) in [5.41, 5.74) is 5.73. The van der Waals surface area contributed by atoms with Gasteiger partial charge in [0.2, 0.25) is 0 Å². The van der Waals surface area contributed by atoms with Crippen molar-refractivity contribution in [3.63, 3.8) is 0 Å². The lowest BCUT2D eigenvalue weighted by Crippen LogP contribution is -2.32. The van der Waals surface area contributed by atoms with Gasteiger partial charge in [-0.25, -0.2) is 0 Å². The quantitative estimate of drug-likeness (QED) is 0.744. The van der Waals surface area contributed by atoms with Gasteiger partial charge in [-0.05, 0) is 18.1 Å². The van der Waals surface area contributed by atoms with E-state index in [0.717, 1.165) is 0 Å². The van der Waals surface area contributed by atoms with Crippen LogP contribution in [0.3, 0.4) is 0 Å². The number of phenolic OH excluding ortho intramolecular Hbond substituents is 1. The van der Waals surface area contributed by atoms with Gasteiger partial charge in [0.25, 0.3) is 0 Å². The molecule has 0 aromatic heterocycles. The van der Waals surface area contributed by atoms with Crippen LogP contribution in [0.5, 0.6) is 5.75 Å². The Kier molecular flexibility index (Phi) is 4.27. The van der Waals surface area contributed by atoms with Gasteiger partial charge in [-0.2, -0.15) is 0 Å². The molecule has 1 atom stereocenters. The van der Waals surface area contributed by atoms with Gasteiger partial charge in [0.15, 0.2) is 5.75 Å². The Balaban J connectivity index is 3.11. The molecule has 0 fully saturated rings. The van der Waals surface area contributed by atoms with Crippen LogP contribution in [-0.4, -0.2) is 22.2 Å². The van der Waals surface area contributed by atoms with E-state index in [1.165, 1.54) is 6.07 Å². The van der Waals surface area contributed by atoms with Gasteiger partial charge >= 0.3 is 5.97 Å². The van der Waals surface area contributed by atoms with Crippen LogP contribution in [-0.2, 0) is 11.2 Å². The van der Waals surface area contributed by atoms with E-state index in [2.05, 4.69) is 0 Å². The molecule has 0 saturated heterocycles. The Bertz CT molecular complexity index is 436.